The molecule has 2 unspecified atom stereocenters. The van der Waals surface area contributed by atoms with Crippen LogP contribution in [-0.2, 0) is 12.8 Å². The maximum atomic E-state index is 4.58. The smallest absolute Gasteiger partial charge is 0.0357 e. The molecule has 0 bridgehead atoms. The lowest BCUT2D eigenvalue weighted by molar-refractivity contribution is 0.497. The fourth-order valence-corrected chi connectivity index (χ4v) is 5.28. The zero-order valence-corrected chi connectivity index (χ0v) is 21.7. The first-order chi connectivity index (χ1) is 16.4. The largest absolute Gasteiger partial charge is 0.382 e. The highest BCUT2D eigenvalue weighted by Gasteiger charge is 2.24. The maximum absolute atomic E-state index is 4.58. The van der Waals surface area contributed by atoms with E-state index in [1.165, 1.54) is 59.1 Å². The van der Waals surface area contributed by atoms with Crippen LogP contribution in [0, 0.1) is 17.8 Å². The topological polar surface area (TPSA) is 12.0 Å². The molecule has 0 heterocycles. The minimum absolute atomic E-state index is 0.446. The fraction of sp³-hybridized carbons (Fsp3) is 0.455. The minimum Gasteiger partial charge on any atom is -0.382 e. The van der Waals surface area contributed by atoms with Gasteiger partial charge in [-0.25, -0.2) is 0 Å². The lowest BCUT2D eigenvalue weighted by Crippen LogP contribution is -2.18. The summed E-state index contributed by atoms with van der Waals surface area (Å²) in [6.45, 7) is 22.6. The Morgan fingerprint density at radius 1 is 1.00 bits per heavy atom. The molecule has 0 spiro atoms. The molecule has 1 heteroatoms. The van der Waals surface area contributed by atoms with Gasteiger partial charge in [0.15, 0.2) is 0 Å². The molecule has 1 saturated carbocycles. The molecule has 34 heavy (non-hydrogen) atoms. The Morgan fingerprint density at radius 3 is 2.29 bits per heavy atom. The van der Waals surface area contributed by atoms with Gasteiger partial charge in [-0.3, -0.25) is 0 Å². The molecule has 2 aliphatic carbocycles. The summed E-state index contributed by atoms with van der Waals surface area (Å²) in [5, 5.41) is 3.46. The second-order valence-corrected chi connectivity index (χ2v) is 10.5. The van der Waals surface area contributed by atoms with Crippen LogP contribution in [0.5, 0.6) is 0 Å². The van der Waals surface area contributed by atoms with E-state index < -0.39 is 0 Å². The van der Waals surface area contributed by atoms with E-state index in [-0.39, 0.29) is 0 Å². The third-order valence-corrected chi connectivity index (χ3v) is 7.78. The van der Waals surface area contributed by atoms with Crippen LogP contribution in [0.4, 0.5) is 0 Å². The van der Waals surface area contributed by atoms with E-state index in [0.29, 0.717) is 17.8 Å². The van der Waals surface area contributed by atoms with Gasteiger partial charge in [-0.15, -0.1) is 0 Å². The highest BCUT2D eigenvalue weighted by molar-refractivity contribution is 5.39. The van der Waals surface area contributed by atoms with Gasteiger partial charge in [0, 0.05) is 18.2 Å². The normalized spacial score (nSPS) is 18.5. The Balaban J connectivity index is 1.48. The summed E-state index contributed by atoms with van der Waals surface area (Å²) in [6, 6.07) is 9.25. The molecule has 1 N–H and O–H groups in total. The average molecular weight is 456 g/mol. The van der Waals surface area contributed by atoms with Crippen LogP contribution in [0.1, 0.15) is 69.9 Å². The average Bonchev–Trinajstić information content (AvgIpc) is 3.53. The molecule has 182 valence electrons. The summed E-state index contributed by atoms with van der Waals surface area (Å²) < 4.78 is 0. The first kappa shape index (κ1) is 26.1. The summed E-state index contributed by atoms with van der Waals surface area (Å²) in [7, 11) is 0. The van der Waals surface area contributed by atoms with Gasteiger partial charge < -0.3 is 5.32 Å². The molecule has 0 aliphatic heterocycles. The number of hydrogen-bond acceptors (Lipinski definition) is 1. The Bertz CT molecular complexity index is 933. The van der Waals surface area contributed by atoms with Crippen LogP contribution in [0.2, 0.25) is 0 Å². The molecule has 1 aromatic rings. The molecule has 0 aromatic heterocycles. The number of nitrogens with one attached hydrogen (secondary N) is 1. The van der Waals surface area contributed by atoms with Crippen molar-refractivity contribution < 1.29 is 0 Å². The molecule has 2 atom stereocenters. The van der Waals surface area contributed by atoms with E-state index in [1.807, 2.05) is 0 Å². The van der Waals surface area contributed by atoms with Gasteiger partial charge in [0.05, 0.1) is 0 Å². The van der Waals surface area contributed by atoms with Crippen molar-refractivity contribution in [3.8, 4) is 0 Å². The molecule has 0 radical (unpaired) electrons. The van der Waals surface area contributed by atoms with E-state index in [0.717, 1.165) is 44.3 Å². The van der Waals surface area contributed by atoms with Crippen LogP contribution in [0.15, 0.2) is 96.8 Å². The van der Waals surface area contributed by atoms with Crippen molar-refractivity contribution in [2.24, 2.45) is 17.8 Å². The molecule has 1 fully saturated rings. The Labute approximate surface area is 209 Å². The van der Waals surface area contributed by atoms with E-state index >= 15 is 0 Å². The Hall–Kier alpha value is -2.54. The summed E-state index contributed by atoms with van der Waals surface area (Å²) in [4.78, 5) is 0. The second-order valence-electron chi connectivity index (χ2n) is 10.5. The van der Waals surface area contributed by atoms with Crippen molar-refractivity contribution in [1.29, 1.82) is 0 Å². The van der Waals surface area contributed by atoms with Gasteiger partial charge in [0.2, 0.25) is 0 Å². The standard InChI is InChI=1S/C33H45N/c1-7-24(2)21-32(27(5)31-12-8-9-13-31)22-30-19-17-29(18-20-30)16-15-25(3)23-34-28(6)33-14-10-11-26(33)4/h10-11,14,17-20,26,31-32,34H,2-3,5-9,12-13,15-16,21-23H2,1,4H3. The Morgan fingerprint density at radius 2 is 1.68 bits per heavy atom. The lowest BCUT2D eigenvalue weighted by atomic mass is 9.80. The van der Waals surface area contributed by atoms with Crippen molar-refractivity contribution >= 4 is 0 Å². The molecule has 1 nitrogen and oxygen atoms in total. The van der Waals surface area contributed by atoms with Gasteiger partial charge in [-0.1, -0.05) is 112 Å². The summed E-state index contributed by atoms with van der Waals surface area (Å²) in [6.07, 6.45) is 17.1. The number of hydrogen-bond donors (Lipinski definition) is 1. The van der Waals surface area contributed by atoms with Crippen LogP contribution in [-0.4, -0.2) is 6.54 Å². The minimum atomic E-state index is 0.446. The lowest BCUT2D eigenvalue weighted by Gasteiger charge is -2.25. The summed E-state index contributed by atoms with van der Waals surface area (Å²) in [5.41, 5.74) is 9.13. The van der Waals surface area contributed by atoms with Crippen LogP contribution < -0.4 is 5.32 Å². The third-order valence-electron chi connectivity index (χ3n) is 7.78. The van der Waals surface area contributed by atoms with Gasteiger partial charge >= 0.3 is 0 Å². The highest BCUT2D eigenvalue weighted by atomic mass is 14.9. The van der Waals surface area contributed by atoms with Crippen molar-refractivity contribution in [3.63, 3.8) is 0 Å². The number of rotatable bonds is 14. The molecular formula is C33H45N. The van der Waals surface area contributed by atoms with Crippen molar-refractivity contribution in [2.75, 3.05) is 6.54 Å². The SMILES string of the molecule is C=C(CCc1ccc(CC(CC(=C)CC)C(=C)C2CCCC2)cc1)CNC(=C)C1=CC=CC1C. The van der Waals surface area contributed by atoms with Crippen molar-refractivity contribution in [3.05, 3.63) is 108 Å². The highest BCUT2D eigenvalue weighted by Crippen LogP contribution is 2.37. The number of aryl methyl sites for hydroxylation is 1. The van der Waals surface area contributed by atoms with Gasteiger partial charge in [0.1, 0.15) is 0 Å². The molecule has 0 saturated heterocycles. The van der Waals surface area contributed by atoms with Gasteiger partial charge in [-0.05, 0) is 73.5 Å². The molecular weight excluding hydrogens is 410 g/mol. The van der Waals surface area contributed by atoms with Gasteiger partial charge in [0.25, 0.3) is 0 Å². The van der Waals surface area contributed by atoms with Crippen LogP contribution in [0.25, 0.3) is 0 Å². The number of benzene rings is 1. The van der Waals surface area contributed by atoms with E-state index in [1.54, 1.807) is 0 Å². The van der Waals surface area contributed by atoms with Crippen molar-refractivity contribution in [1.82, 2.24) is 5.32 Å². The van der Waals surface area contributed by atoms with Crippen molar-refractivity contribution in [2.45, 2.75) is 71.6 Å². The first-order valence-electron chi connectivity index (χ1n) is 13.3. The summed E-state index contributed by atoms with van der Waals surface area (Å²) in [5.74, 6) is 1.68. The quantitative estimate of drug-likeness (QED) is 0.277. The van der Waals surface area contributed by atoms with Gasteiger partial charge in [-0.2, -0.15) is 0 Å². The zero-order valence-electron chi connectivity index (χ0n) is 21.7. The molecule has 0 amide bonds. The monoisotopic (exact) mass is 455 g/mol. The molecule has 3 rings (SSSR count). The van der Waals surface area contributed by atoms with E-state index in [9.17, 15) is 0 Å². The third kappa shape index (κ3) is 7.49. The van der Waals surface area contributed by atoms with Crippen LogP contribution >= 0.6 is 0 Å². The summed E-state index contributed by atoms with van der Waals surface area (Å²) >= 11 is 0. The predicted molar refractivity (Wildman–Crippen MR) is 150 cm³/mol. The Kier molecular flexibility index (Phi) is 9.81. The maximum Gasteiger partial charge on any atom is 0.0357 e. The molecule has 1 aromatic carbocycles. The fourth-order valence-electron chi connectivity index (χ4n) is 5.28. The van der Waals surface area contributed by atoms with E-state index in [2.05, 4.69) is 88.0 Å². The second kappa shape index (κ2) is 12.8. The van der Waals surface area contributed by atoms with Crippen LogP contribution in [0.3, 0.4) is 0 Å². The van der Waals surface area contributed by atoms with E-state index in [4.69, 9.17) is 0 Å². The zero-order chi connectivity index (χ0) is 24.5. The predicted octanol–water partition coefficient (Wildman–Crippen LogP) is 8.67. The molecule has 2 aliphatic rings. The number of allylic oxidation sites excluding steroid dienone is 6. The first-order valence-corrected chi connectivity index (χ1v) is 13.3.